The van der Waals surface area contributed by atoms with Gasteiger partial charge in [0.2, 0.25) is 0 Å². The molecular weight excluding hydrogens is 176 g/mol. The maximum atomic E-state index is 11.0. The zero-order valence-corrected chi connectivity index (χ0v) is 8.54. The first-order valence-electron chi connectivity index (χ1n) is 4.68. The summed E-state index contributed by atoms with van der Waals surface area (Å²) >= 11 is 0. The van der Waals surface area contributed by atoms with E-state index in [1.807, 2.05) is 6.92 Å². The Labute approximate surface area is 84.6 Å². The van der Waals surface area contributed by atoms with Gasteiger partial charge in [0.15, 0.2) is 5.78 Å². The highest BCUT2D eigenvalue weighted by Crippen LogP contribution is 2.22. The van der Waals surface area contributed by atoms with Crippen molar-refractivity contribution < 1.29 is 9.53 Å². The van der Waals surface area contributed by atoms with E-state index in [-0.39, 0.29) is 5.78 Å². The van der Waals surface area contributed by atoms with Gasteiger partial charge in [0.25, 0.3) is 0 Å². The van der Waals surface area contributed by atoms with Gasteiger partial charge in [0.1, 0.15) is 5.60 Å². The highest BCUT2D eigenvalue weighted by atomic mass is 16.5. The molecule has 0 bridgehead atoms. The van der Waals surface area contributed by atoms with Gasteiger partial charge < -0.3 is 4.74 Å². The minimum atomic E-state index is -0.494. The summed E-state index contributed by atoms with van der Waals surface area (Å²) in [4.78, 5) is 11.0. The Morgan fingerprint density at radius 2 is 2.07 bits per heavy atom. The summed E-state index contributed by atoms with van der Waals surface area (Å²) < 4.78 is 5.59. The molecule has 0 radical (unpaired) electrons. The lowest BCUT2D eigenvalue weighted by Crippen LogP contribution is -2.29. The Morgan fingerprint density at radius 1 is 1.43 bits per heavy atom. The Bertz CT molecular complexity index is 310. The van der Waals surface area contributed by atoms with Crippen molar-refractivity contribution in [3.05, 3.63) is 24.3 Å². The normalized spacial score (nSPS) is 17.7. The van der Waals surface area contributed by atoms with Crippen LogP contribution >= 0.6 is 0 Å². The molecule has 0 spiro atoms. The van der Waals surface area contributed by atoms with Crippen LogP contribution in [0.5, 0.6) is 0 Å². The first-order valence-corrected chi connectivity index (χ1v) is 4.68. The van der Waals surface area contributed by atoms with Gasteiger partial charge in [-0.1, -0.05) is 5.92 Å². The van der Waals surface area contributed by atoms with Crippen molar-refractivity contribution in [2.45, 2.75) is 25.9 Å². The third kappa shape index (κ3) is 2.58. The van der Waals surface area contributed by atoms with E-state index in [0.717, 1.165) is 0 Å². The second-order valence-electron chi connectivity index (χ2n) is 3.06. The van der Waals surface area contributed by atoms with E-state index in [1.54, 1.807) is 19.1 Å². The van der Waals surface area contributed by atoms with Gasteiger partial charge in [-0.15, -0.1) is 5.92 Å². The van der Waals surface area contributed by atoms with Crippen molar-refractivity contribution in [1.29, 1.82) is 0 Å². The quantitative estimate of drug-likeness (QED) is 0.635. The fraction of sp³-hybridized carbons (Fsp3) is 0.417. The van der Waals surface area contributed by atoms with Gasteiger partial charge in [-0.25, -0.2) is 0 Å². The Kier molecular flexibility index (Phi) is 3.67. The van der Waals surface area contributed by atoms with Gasteiger partial charge in [-0.2, -0.15) is 0 Å². The molecule has 0 saturated heterocycles. The van der Waals surface area contributed by atoms with E-state index in [0.29, 0.717) is 13.0 Å². The van der Waals surface area contributed by atoms with Crippen LogP contribution in [-0.4, -0.2) is 18.0 Å². The van der Waals surface area contributed by atoms with Crippen molar-refractivity contribution in [2.24, 2.45) is 0 Å². The van der Waals surface area contributed by atoms with Gasteiger partial charge in [0, 0.05) is 13.0 Å². The lowest BCUT2D eigenvalue weighted by Gasteiger charge is -2.26. The number of hydrogen-bond acceptors (Lipinski definition) is 2. The van der Waals surface area contributed by atoms with Crippen molar-refractivity contribution in [3.8, 4) is 11.8 Å². The second kappa shape index (κ2) is 4.78. The molecule has 0 amide bonds. The Hall–Kier alpha value is -1.33. The van der Waals surface area contributed by atoms with Crippen molar-refractivity contribution >= 4 is 5.78 Å². The third-order valence-corrected chi connectivity index (χ3v) is 2.01. The molecule has 0 aromatic carbocycles. The SMILES string of the molecule is CC#CCC1(OCC)C=CC(=O)C=C1. The fourth-order valence-electron chi connectivity index (χ4n) is 1.32. The third-order valence-electron chi connectivity index (χ3n) is 2.01. The van der Waals surface area contributed by atoms with Crippen LogP contribution in [0.2, 0.25) is 0 Å². The number of carbonyl (C=O) groups is 1. The first kappa shape index (κ1) is 10.7. The lowest BCUT2D eigenvalue weighted by atomic mass is 9.94. The maximum absolute atomic E-state index is 11.0. The summed E-state index contributed by atoms with van der Waals surface area (Å²) in [5.74, 6) is 5.80. The summed E-state index contributed by atoms with van der Waals surface area (Å²) in [5, 5.41) is 0. The monoisotopic (exact) mass is 190 g/mol. The van der Waals surface area contributed by atoms with Gasteiger partial charge >= 0.3 is 0 Å². The number of allylic oxidation sites excluding steroid dienone is 2. The number of carbonyl (C=O) groups excluding carboxylic acids is 1. The summed E-state index contributed by atoms with van der Waals surface area (Å²) in [6, 6.07) is 0. The number of ether oxygens (including phenoxy) is 1. The molecule has 0 aliphatic heterocycles. The van der Waals surface area contributed by atoms with E-state index in [1.165, 1.54) is 12.2 Å². The van der Waals surface area contributed by atoms with Crippen molar-refractivity contribution in [3.63, 3.8) is 0 Å². The molecule has 0 fully saturated rings. The van der Waals surface area contributed by atoms with Gasteiger partial charge in [-0.05, 0) is 38.2 Å². The van der Waals surface area contributed by atoms with Crippen LogP contribution < -0.4 is 0 Å². The summed E-state index contributed by atoms with van der Waals surface area (Å²) in [6.45, 7) is 4.33. The van der Waals surface area contributed by atoms with E-state index >= 15 is 0 Å². The molecule has 1 rings (SSSR count). The Balaban J connectivity index is 2.81. The molecule has 2 heteroatoms. The molecule has 0 heterocycles. The lowest BCUT2D eigenvalue weighted by molar-refractivity contribution is -0.110. The molecule has 0 aromatic rings. The van der Waals surface area contributed by atoms with Crippen LogP contribution in [0.3, 0.4) is 0 Å². The van der Waals surface area contributed by atoms with Crippen LogP contribution in [-0.2, 0) is 9.53 Å². The fourth-order valence-corrected chi connectivity index (χ4v) is 1.32. The molecule has 0 aromatic heterocycles. The average molecular weight is 190 g/mol. The highest BCUT2D eigenvalue weighted by Gasteiger charge is 2.25. The van der Waals surface area contributed by atoms with Crippen LogP contribution in [0.25, 0.3) is 0 Å². The number of rotatable bonds is 3. The molecular formula is C12H14O2. The van der Waals surface area contributed by atoms with Crippen LogP contribution in [0.1, 0.15) is 20.3 Å². The van der Waals surface area contributed by atoms with Gasteiger partial charge in [0.05, 0.1) is 0 Å². The minimum Gasteiger partial charge on any atom is -0.366 e. The molecule has 0 atom stereocenters. The molecule has 0 unspecified atom stereocenters. The predicted octanol–water partition coefficient (Wildman–Crippen LogP) is 1.87. The summed E-state index contributed by atoms with van der Waals surface area (Å²) in [5.41, 5.74) is -0.494. The molecule has 1 aliphatic rings. The molecule has 1 aliphatic carbocycles. The molecule has 74 valence electrons. The summed E-state index contributed by atoms with van der Waals surface area (Å²) in [6.07, 6.45) is 7.23. The number of hydrogen-bond donors (Lipinski definition) is 0. The zero-order chi connectivity index (χ0) is 10.4. The van der Waals surface area contributed by atoms with Crippen molar-refractivity contribution in [2.75, 3.05) is 6.61 Å². The van der Waals surface area contributed by atoms with Crippen LogP contribution in [0.4, 0.5) is 0 Å². The maximum Gasteiger partial charge on any atom is 0.178 e. The second-order valence-corrected chi connectivity index (χ2v) is 3.06. The molecule has 14 heavy (non-hydrogen) atoms. The van der Waals surface area contributed by atoms with Crippen LogP contribution in [0.15, 0.2) is 24.3 Å². The molecule has 2 nitrogen and oxygen atoms in total. The predicted molar refractivity (Wildman–Crippen MR) is 55.7 cm³/mol. The zero-order valence-electron chi connectivity index (χ0n) is 8.54. The van der Waals surface area contributed by atoms with Crippen LogP contribution in [0, 0.1) is 11.8 Å². The number of ketones is 1. The van der Waals surface area contributed by atoms with Gasteiger partial charge in [-0.3, -0.25) is 4.79 Å². The minimum absolute atomic E-state index is 0.00443. The molecule has 0 N–H and O–H groups in total. The smallest absolute Gasteiger partial charge is 0.178 e. The van der Waals surface area contributed by atoms with E-state index in [4.69, 9.17) is 4.74 Å². The largest absolute Gasteiger partial charge is 0.366 e. The van der Waals surface area contributed by atoms with E-state index < -0.39 is 5.60 Å². The van der Waals surface area contributed by atoms with Crippen molar-refractivity contribution in [1.82, 2.24) is 0 Å². The standard InChI is InChI=1S/C12H14O2/c1-3-5-8-12(14-4-2)9-6-11(13)7-10-12/h6-7,9-10H,4,8H2,1-2H3. The van der Waals surface area contributed by atoms with E-state index in [2.05, 4.69) is 11.8 Å². The molecule has 0 saturated carbocycles. The Morgan fingerprint density at radius 3 is 2.57 bits per heavy atom. The topological polar surface area (TPSA) is 26.3 Å². The highest BCUT2D eigenvalue weighted by molar-refractivity contribution is 6.00. The summed E-state index contributed by atoms with van der Waals surface area (Å²) in [7, 11) is 0. The first-order chi connectivity index (χ1) is 6.72. The van der Waals surface area contributed by atoms with E-state index in [9.17, 15) is 4.79 Å². The average Bonchev–Trinajstić information content (AvgIpc) is 2.20.